The molecule has 5 heteroatoms. The molecule has 0 amide bonds. The molecule has 0 N–H and O–H groups in total. The summed E-state index contributed by atoms with van der Waals surface area (Å²) in [6.07, 6.45) is 3.51. The first-order valence-corrected chi connectivity index (χ1v) is 22.1. The summed E-state index contributed by atoms with van der Waals surface area (Å²) in [4.78, 5) is 14.2. The van der Waals surface area contributed by atoms with Gasteiger partial charge < -0.3 is 9.80 Å². The second-order valence-electron chi connectivity index (χ2n) is 19.6. The molecule has 12 rings (SSSR count). The summed E-state index contributed by atoms with van der Waals surface area (Å²) in [6, 6.07) is 62.1. The van der Waals surface area contributed by atoms with Gasteiger partial charge in [0.05, 0.1) is 5.69 Å². The van der Waals surface area contributed by atoms with Gasteiger partial charge in [-0.2, -0.15) is 0 Å². The Bertz CT molecular complexity index is 3260. The molecule has 0 unspecified atom stereocenters. The molecular weight excluding hydrogens is 763 g/mol. The molecule has 1 aromatic heterocycles. The molecule has 0 saturated heterocycles. The van der Waals surface area contributed by atoms with Crippen LogP contribution < -0.4 is 26.2 Å². The third-order valence-corrected chi connectivity index (χ3v) is 13.6. The molecule has 0 aliphatic carbocycles. The van der Waals surface area contributed by atoms with Crippen molar-refractivity contribution in [2.75, 3.05) is 9.80 Å². The van der Waals surface area contributed by atoms with Crippen LogP contribution in [0.15, 0.2) is 176 Å². The minimum atomic E-state index is -0.0543. The first-order chi connectivity index (χ1) is 30.5. The highest BCUT2D eigenvalue weighted by molar-refractivity contribution is 7.00. The van der Waals surface area contributed by atoms with Crippen molar-refractivity contribution in [2.45, 2.75) is 52.4 Å². The fourth-order valence-electron chi connectivity index (χ4n) is 10.3. The monoisotopic (exact) mass is 810 g/mol. The molecule has 9 aromatic carbocycles. The van der Waals surface area contributed by atoms with E-state index < -0.39 is 0 Å². The zero-order chi connectivity index (χ0) is 42.8. The van der Waals surface area contributed by atoms with Crippen molar-refractivity contribution in [3.8, 4) is 11.3 Å². The molecule has 0 fully saturated rings. The maximum absolute atomic E-state index is 4.86. The van der Waals surface area contributed by atoms with Crippen molar-refractivity contribution in [2.24, 2.45) is 0 Å². The summed E-state index contributed by atoms with van der Waals surface area (Å²) in [5.41, 5.74) is 15.4. The summed E-state index contributed by atoms with van der Waals surface area (Å²) in [7, 11) is 0. The van der Waals surface area contributed by atoms with Gasteiger partial charge in [-0.1, -0.05) is 126 Å². The predicted molar refractivity (Wildman–Crippen MR) is 269 cm³/mol. The van der Waals surface area contributed by atoms with Gasteiger partial charge in [0.2, 0.25) is 0 Å². The Balaban J connectivity index is 1.22. The number of anilines is 6. The summed E-state index contributed by atoms with van der Waals surface area (Å²) in [5, 5.41) is 9.91. The second kappa shape index (κ2) is 13.6. The Morgan fingerprint density at radius 2 is 0.825 bits per heavy atom. The number of hydrogen-bond donors (Lipinski definition) is 0. The Kier molecular flexibility index (Phi) is 8.12. The average molecular weight is 811 g/mol. The molecule has 0 bridgehead atoms. The van der Waals surface area contributed by atoms with E-state index in [9.17, 15) is 0 Å². The van der Waals surface area contributed by atoms with Gasteiger partial charge in [-0.3, -0.25) is 0 Å². The number of nitrogens with zero attached hydrogens (tertiary/aromatic N) is 4. The highest BCUT2D eigenvalue weighted by Gasteiger charge is 2.44. The molecule has 0 spiro atoms. The quantitative estimate of drug-likeness (QED) is 0.131. The highest BCUT2D eigenvalue weighted by atomic mass is 15.2. The van der Waals surface area contributed by atoms with Gasteiger partial charge in [0.25, 0.3) is 6.71 Å². The van der Waals surface area contributed by atoms with Crippen LogP contribution in [0.3, 0.4) is 0 Å². The average Bonchev–Trinajstić information content (AvgIpc) is 3.28. The molecular formula is C58H47BN4. The first kappa shape index (κ1) is 37.5. The number of hydrogen-bond acceptors (Lipinski definition) is 4. The predicted octanol–water partition coefficient (Wildman–Crippen LogP) is 13.4. The van der Waals surface area contributed by atoms with Crippen LogP contribution in [0.1, 0.15) is 52.7 Å². The van der Waals surface area contributed by atoms with E-state index in [0.29, 0.717) is 0 Å². The van der Waals surface area contributed by atoms with Gasteiger partial charge in [0, 0.05) is 45.9 Å². The summed E-state index contributed by atoms with van der Waals surface area (Å²) >= 11 is 0. The lowest BCUT2D eigenvalue weighted by atomic mass is 9.33. The van der Waals surface area contributed by atoms with Crippen LogP contribution in [0.25, 0.3) is 54.3 Å². The Morgan fingerprint density at radius 1 is 0.413 bits per heavy atom. The standard InChI is InChI=1S/C58H47BN4/c1-57(2,3)45-15-19-47(20-16-45)62-52-31-42-27-38-13-9-7-11-36(38)25-40(42)29-49(52)59-50-30-41-26-37-12-8-10-14-39(37)28-43(41)32-53(50)63(48-21-17-46(18-22-48)58(4,5)6)55-34-44(33-54(62)56(55)59)51-23-24-60-35-61-51/h7-35H,1-6H3. The van der Waals surface area contributed by atoms with Crippen LogP contribution in [0.2, 0.25) is 0 Å². The molecule has 0 atom stereocenters. The molecule has 3 heterocycles. The number of benzene rings is 9. The molecule has 10 aromatic rings. The molecule has 4 nitrogen and oxygen atoms in total. The van der Waals surface area contributed by atoms with Crippen LogP contribution in [0, 0.1) is 0 Å². The molecule has 2 aliphatic heterocycles. The van der Waals surface area contributed by atoms with E-state index >= 15 is 0 Å². The van der Waals surface area contributed by atoms with Crippen molar-refractivity contribution < 1.29 is 0 Å². The lowest BCUT2D eigenvalue weighted by Crippen LogP contribution is -2.61. The van der Waals surface area contributed by atoms with E-state index in [4.69, 9.17) is 4.98 Å². The maximum atomic E-state index is 4.86. The van der Waals surface area contributed by atoms with Gasteiger partial charge >= 0.3 is 0 Å². The molecule has 0 saturated carbocycles. The topological polar surface area (TPSA) is 32.3 Å². The van der Waals surface area contributed by atoms with Gasteiger partial charge in [-0.05, 0) is 160 Å². The zero-order valence-electron chi connectivity index (χ0n) is 36.6. The Labute approximate surface area is 369 Å². The third kappa shape index (κ3) is 6.05. The first-order valence-electron chi connectivity index (χ1n) is 22.1. The SMILES string of the molecule is CC(C)(C)c1ccc(N2c3cc4cc5ccccc5cc4cc3B3c4cc5cc6ccccc6cc5cc4N(c4ccc(C(C)(C)C)cc4)c4cc(-c5ccncn5)cc2c43)cc1. The van der Waals surface area contributed by atoms with Crippen LogP contribution in [0.5, 0.6) is 0 Å². The van der Waals surface area contributed by atoms with Crippen molar-refractivity contribution >= 4 is 100 Å². The highest BCUT2D eigenvalue weighted by Crippen LogP contribution is 2.48. The minimum absolute atomic E-state index is 0.0215. The molecule has 63 heavy (non-hydrogen) atoms. The van der Waals surface area contributed by atoms with Crippen molar-refractivity contribution in [3.05, 3.63) is 187 Å². The van der Waals surface area contributed by atoms with Crippen LogP contribution in [0.4, 0.5) is 34.1 Å². The van der Waals surface area contributed by atoms with E-state index in [0.717, 1.165) is 34.0 Å². The third-order valence-electron chi connectivity index (χ3n) is 13.6. The fourth-order valence-corrected chi connectivity index (χ4v) is 10.3. The van der Waals surface area contributed by atoms with E-state index in [1.165, 1.54) is 82.0 Å². The van der Waals surface area contributed by atoms with Gasteiger partial charge in [-0.25, -0.2) is 9.97 Å². The summed E-state index contributed by atoms with van der Waals surface area (Å²) in [6.45, 7) is 13.7. The lowest BCUT2D eigenvalue weighted by Gasteiger charge is -2.45. The van der Waals surface area contributed by atoms with Gasteiger partial charge in [0.1, 0.15) is 6.33 Å². The van der Waals surface area contributed by atoms with E-state index in [1.807, 2.05) is 12.3 Å². The van der Waals surface area contributed by atoms with Crippen molar-refractivity contribution in [1.82, 2.24) is 9.97 Å². The van der Waals surface area contributed by atoms with Crippen LogP contribution in [-0.2, 0) is 10.8 Å². The Morgan fingerprint density at radius 3 is 1.21 bits per heavy atom. The zero-order valence-corrected chi connectivity index (χ0v) is 36.6. The minimum Gasteiger partial charge on any atom is -0.311 e. The van der Waals surface area contributed by atoms with Gasteiger partial charge in [-0.15, -0.1) is 0 Å². The summed E-state index contributed by atoms with van der Waals surface area (Å²) in [5.74, 6) is 0. The van der Waals surface area contributed by atoms with Crippen molar-refractivity contribution in [1.29, 1.82) is 0 Å². The number of fused-ring (bicyclic) bond motifs is 8. The molecule has 302 valence electrons. The number of rotatable bonds is 3. The van der Waals surface area contributed by atoms with E-state index in [2.05, 4.69) is 214 Å². The van der Waals surface area contributed by atoms with Gasteiger partial charge in [0.15, 0.2) is 0 Å². The molecule has 0 radical (unpaired) electrons. The van der Waals surface area contributed by atoms with Crippen LogP contribution >= 0.6 is 0 Å². The number of aromatic nitrogens is 2. The summed E-state index contributed by atoms with van der Waals surface area (Å²) < 4.78 is 0. The Hall–Kier alpha value is -7.24. The largest absolute Gasteiger partial charge is 0.311 e. The molecule has 2 aliphatic rings. The van der Waals surface area contributed by atoms with E-state index in [1.54, 1.807) is 6.33 Å². The smallest absolute Gasteiger partial charge is 0.252 e. The van der Waals surface area contributed by atoms with Crippen molar-refractivity contribution in [3.63, 3.8) is 0 Å². The fraction of sp³-hybridized carbons (Fsp3) is 0.138. The van der Waals surface area contributed by atoms with Crippen LogP contribution in [-0.4, -0.2) is 16.7 Å². The normalized spacial score (nSPS) is 13.5. The maximum Gasteiger partial charge on any atom is 0.252 e. The lowest BCUT2D eigenvalue weighted by molar-refractivity contribution is 0.590. The second-order valence-corrected chi connectivity index (χ2v) is 19.6. The van der Waals surface area contributed by atoms with E-state index in [-0.39, 0.29) is 17.5 Å².